The van der Waals surface area contributed by atoms with Crippen LogP contribution in [0.1, 0.15) is 82.6 Å². The molecule has 2 fully saturated rings. The molecule has 2 aromatic rings. The van der Waals surface area contributed by atoms with Crippen LogP contribution >= 0.6 is 0 Å². The fraction of sp³-hybridized carbons (Fsp3) is 0.536. The third kappa shape index (κ3) is 6.53. The van der Waals surface area contributed by atoms with E-state index in [0.717, 1.165) is 18.8 Å². The maximum Gasteiger partial charge on any atom is 0.410 e. The molecule has 2 aliphatic rings. The highest BCUT2D eigenvalue weighted by Gasteiger charge is 2.31. The van der Waals surface area contributed by atoms with Gasteiger partial charge in [-0.25, -0.2) is 9.78 Å². The summed E-state index contributed by atoms with van der Waals surface area (Å²) in [4.78, 5) is 33.5. The van der Waals surface area contributed by atoms with Crippen LogP contribution in [0, 0.1) is 0 Å². The van der Waals surface area contributed by atoms with Gasteiger partial charge in [0, 0.05) is 27.1 Å². The number of amides is 2. The van der Waals surface area contributed by atoms with E-state index in [0.29, 0.717) is 23.7 Å². The zero-order valence-corrected chi connectivity index (χ0v) is 21.4. The highest BCUT2D eigenvalue weighted by molar-refractivity contribution is 6.04. The molecule has 7 nitrogen and oxygen atoms in total. The molecule has 1 atom stereocenters. The summed E-state index contributed by atoms with van der Waals surface area (Å²) in [5, 5.41) is 2.95. The van der Waals surface area contributed by atoms with Crippen LogP contribution in [0.15, 0.2) is 42.6 Å². The van der Waals surface area contributed by atoms with Crippen LogP contribution in [0.5, 0.6) is 0 Å². The second-order valence-corrected chi connectivity index (χ2v) is 10.8. The summed E-state index contributed by atoms with van der Waals surface area (Å²) in [7, 11) is 1.79. The number of anilines is 2. The Morgan fingerprint density at radius 3 is 2.40 bits per heavy atom. The van der Waals surface area contributed by atoms with Crippen LogP contribution in [0.4, 0.5) is 16.3 Å². The van der Waals surface area contributed by atoms with Crippen LogP contribution < -0.4 is 10.2 Å². The Bertz CT molecular complexity index is 1010. The summed E-state index contributed by atoms with van der Waals surface area (Å²) < 4.78 is 5.49. The van der Waals surface area contributed by atoms with E-state index in [1.807, 2.05) is 45.0 Å². The maximum atomic E-state index is 12.7. The van der Waals surface area contributed by atoms with Gasteiger partial charge in [-0.2, -0.15) is 0 Å². The zero-order valence-electron chi connectivity index (χ0n) is 21.4. The first-order valence-corrected chi connectivity index (χ1v) is 12.8. The molecule has 4 rings (SSSR count). The van der Waals surface area contributed by atoms with E-state index in [9.17, 15) is 9.59 Å². The lowest BCUT2D eigenvalue weighted by atomic mass is 9.84. The van der Waals surface area contributed by atoms with E-state index in [1.54, 1.807) is 18.1 Å². The normalized spacial score (nSPS) is 18.9. The number of nitrogens with zero attached hydrogens (tertiary/aromatic N) is 3. The number of carbonyl (C=O) groups is 2. The molecule has 1 N–H and O–H groups in total. The maximum absolute atomic E-state index is 12.7. The number of carbonyl (C=O) groups excluding carboxylic acids is 2. The van der Waals surface area contributed by atoms with Crippen LogP contribution in [0.2, 0.25) is 0 Å². The van der Waals surface area contributed by atoms with Crippen molar-refractivity contribution in [1.29, 1.82) is 0 Å². The number of nitrogens with one attached hydrogen (secondary N) is 1. The SMILES string of the molecule is CN(C(=O)OC(C)(C)C)C1CCN(c2ccc(NC(=O)c3ccc(C4CCCCC4)cc3)cn2)C1.[HH]. The lowest BCUT2D eigenvalue weighted by molar-refractivity contribution is 0.0237. The number of likely N-dealkylation sites (N-methyl/N-ethyl adjacent to an activating group) is 1. The number of aromatic nitrogens is 1. The third-order valence-corrected chi connectivity index (χ3v) is 6.97. The zero-order chi connectivity index (χ0) is 25.0. The average molecular weight is 481 g/mol. The molecule has 1 aromatic heterocycles. The van der Waals surface area contributed by atoms with Crippen molar-refractivity contribution in [3.63, 3.8) is 0 Å². The fourth-order valence-electron chi connectivity index (χ4n) is 4.94. The van der Waals surface area contributed by atoms with Crippen molar-refractivity contribution in [3.8, 4) is 0 Å². The number of ether oxygens (including phenoxy) is 1. The van der Waals surface area contributed by atoms with Gasteiger partial charge in [0.25, 0.3) is 5.91 Å². The lowest BCUT2D eigenvalue weighted by Crippen LogP contribution is -2.42. The standard InChI is InChI=1S/C28H38N4O3.H2/c1-28(2,3)35-27(34)31(4)24-16-17-32(19-24)25-15-14-23(18-29-25)30-26(33)22-12-10-21(11-13-22)20-8-6-5-7-9-20;/h10-15,18,20,24H,5-9,16-17,19H2,1-4H3,(H,30,33);1H. The minimum Gasteiger partial charge on any atom is -0.444 e. The topological polar surface area (TPSA) is 74.8 Å². The summed E-state index contributed by atoms with van der Waals surface area (Å²) >= 11 is 0. The van der Waals surface area contributed by atoms with Crippen LogP contribution in [0.25, 0.3) is 0 Å². The highest BCUT2D eigenvalue weighted by Crippen LogP contribution is 2.32. The molecular formula is C28H40N4O3. The minimum absolute atomic E-state index is 0. The predicted molar refractivity (Wildman–Crippen MR) is 141 cm³/mol. The van der Waals surface area contributed by atoms with Crippen molar-refractivity contribution in [2.75, 3.05) is 30.4 Å². The molecule has 1 aromatic carbocycles. The molecule has 0 spiro atoms. The predicted octanol–water partition coefficient (Wildman–Crippen LogP) is 6.07. The monoisotopic (exact) mass is 480 g/mol. The molecule has 190 valence electrons. The first-order valence-electron chi connectivity index (χ1n) is 12.8. The van der Waals surface area contributed by atoms with Crippen LogP contribution in [-0.4, -0.2) is 53.7 Å². The summed E-state index contributed by atoms with van der Waals surface area (Å²) in [6.07, 6.45) is 8.68. The van der Waals surface area contributed by atoms with Gasteiger partial charge in [-0.1, -0.05) is 31.4 Å². The first kappa shape index (κ1) is 25.0. The number of pyridine rings is 1. The Labute approximate surface area is 210 Å². The first-order chi connectivity index (χ1) is 16.7. The smallest absolute Gasteiger partial charge is 0.410 e. The van der Waals surface area contributed by atoms with Gasteiger partial charge in [-0.3, -0.25) is 4.79 Å². The molecule has 0 bridgehead atoms. The molecule has 2 heterocycles. The molecule has 1 aliphatic carbocycles. The van der Waals surface area contributed by atoms with Gasteiger partial charge in [0.1, 0.15) is 11.4 Å². The fourth-order valence-corrected chi connectivity index (χ4v) is 4.94. The van der Waals surface area contributed by atoms with Crippen molar-refractivity contribution in [2.24, 2.45) is 0 Å². The molecule has 1 unspecified atom stereocenters. The quantitative estimate of drug-likeness (QED) is 0.562. The number of rotatable bonds is 5. The van der Waals surface area contributed by atoms with E-state index in [2.05, 4.69) is 27.3 Å². The summed E-state index contributed by atoms with van der Waals surface area (Å²) in [6.45, 7) is 7.12. The Hall–Kier alpha value is -3.09. The minimum atomic E-state index is -0.511. The van der Waals surface area contributed by atoms with Gasteiger partial charge in [0.15, 0.2) is 0 Å². The van der Waals surface area contributed by atoms with Gasteiger partial charge in [-0.15, -0.1) is 0 Å². The largest absolute Gasteiger partial charge is 0.444 e. The Morgan fingerprint density at radius 1 is 1.06 bits per heavy atom. The molecular weight excluding hydrogens is 440 g/mol. The average Bonchev–Trinajstić information content (AvgIpc) is 3.34. The summed E-state index contributed by atoms with van der Waals surface area (Å²) in [6, 6.07) is 11.9. The molecule has 1 saturated carbocycles. The van der Waals surface area contributed by atoms with Gasteiger partial charge in [-0.05, 0) is 75.8 Å². The molecule has 1 aliphatic heterocycles. The Balaban J connectivity index is 0.00000361. The molecule has 2 amide bonds. The van der Waals surface area contributed by atoms with E-state index < -0.39 is 5.60 Å². The molecule has 35 heavy (non-hydrogen) atoms. The Morgan fingerprint density at radius 2 is 1.77 bits per heavy atom. The number of benzene rings is 1. The van der Waals surface area contributed by atoms with Crippen molar-refractivity contribution < 1.29 is 15.8 Å². The third-order valence-electron chi connectivity index (χ3n) is 6.97. The second kappa shape index (κ2) is 10.7. The van der Waals surface area contributed by atoms with Gasteiger partial charge < -0.3 is 19.9 Å². The van der Waals surface area contributed by atoms with E-state index in [1.165, 1.54) is 37.7 Å². The summed E-state index contributed by atoms with van der Waals surface area (Å²) in [5.41, 5.74) is 2.15. The number of hydrogen-bond acceptors (Lipinski definition) is 5. The van der Waals surface area contributed by atoms with Crippen molar-refractivity contribution in [2.45, 2.75) is 76.9 Å². The second-order valence-electron chi connectivity index (χ2n) is 10.8. The van der Waals surface area contributed by atoms with E-state index >= 15 is 0 Å². The van der Waals surface area contributed by atoms with Gasteiger partial charge >= 0.3 is 6.09 Å². The lowest BCUT2D eigenvalue weighted by Gasteiger charge is -2.28. The van der Waals surface area contributed by atoms with Crippen LogP contribution in [0.3, 0.4) is 0 Å². The van der Waals surface area contributed by atoms with E-state index in [-0.39, 0.29) is 19.5 Å². The summed E-state index contributed by atoms with van der Waals surface area (Å²) in [5.74, 6) is 1.33. The van der Waals surface area contributed by atoms with Crippen molar-refractivity contribution >= 4 is 23.5 Å². The highest BCUT2D eigenvalue weighted by atomic mass is 16.6. The Kier molecular flexibility index (Phi) is 7.63. The molecule has 0 radical (unpaired) electrons. The van der Waals surface area contributed by atoms with Crippen molar-refractivity contribution in [3.05, 3.63) is 53.7 Å². The number of hydrogen-bond donors (Lipinski definition) is 1. The molecule has 1 saturated heterocycles. The van der Waals surface area contributed by atoms with Crippen molar-refractivity contribution in [1.82, 2.24) is 9.88 Å². The van der Waals surface area contributed by atoms with Crippen LogP contribution in [-0.2, 0) is 4.74 Å². The molecule has 7 heteroatoms. The van der Waals surface area contributed by atoms with Gasteiger partial charge in [0.2, 0.25) is 0 Å². The van der Waals surface area contributed by atoms with Gasteiger partial charge in [0.05, 0.1) is 17.9 Å². The van der Waals surface area contributed by atoms with E-state index in [4.69, 9.17) is 4.74 Å².